The predicted molar refractivity (Wildman–Crippen MR) is 129 cm³/mol. The number of benzene rings is 2. The summed E-state index contributed by atoms with van der Waals surface area (Å²) in [4.78, 5) is 0. The van der Waals surface area contributed by atoms with E-state index in [-0.39, 0.29) is 14.9 Å². The molecule has 27 heavy (non-hydrogen) atoms. The average molecular weight is 378 g/mol. The lowest BCUT2D eigenvalue weighted by Gasteiger charge is -2.05. The van der Waals surface area contributed by atoms with Crippen molar-refractivity contribution < 1.29 is 10.2 Å². The van der Waals surface area contributed by atoms with E-state index in [0.29, 0.717) is 5.75 Å². The van der Waals surface area contributed by atoms with Gasteiger partial charge in [-0.05, 0) is 24.0 Å². The SMILES string of the molecule is CC.CC.CC.CCc1cccc(CC)c1O.CO.[10CH4].[9CH4].c1ccccc1. The lowest BCUT2D eigenvalue weighted by Crippen LogP contribution is -1.86. The monoisotopic (exact) mass is 377 g/mol. The zero-order valence-corrected chi connectivity index (χ0v) is 18.0. The van der Waals surface area contributed by atoms with Gasteiger partial charge in [0.05, 0.1) is 0 Å². The summed E-state index contributed by atoms with van der Waals surface area (Å²) in [6.07, 6.45) is 1.80. The van der Waals surface area contributed by atoms with Gasteiger partial charge in [-0.25, -0.2) is 0 Å². The number of rotatable bonds is 2. The summed E-state index contributed by atoms with van der Waals surface area (Å²) in [5.41, 5.74) is 2.09. The Morgan fingerprint density at radius 2 is 0.815 bits per heavy atom. The zero-order valence-electron chi connectivity index (χ0n) is 18.0. The number of phenols is 1. The Bertz CT molecular complexity index is 377. The van der Waals surface area contributed by atoms with Gasteiger partial charge in [0.25, 0.3) is 0 Å². The van der Waals surface area contributed by atoms with Gasteiger partial charge in [0.1, 0.15) is 5.75 Å². The molecule has 2 heteroatoms. The maximum Gasteiger partial charge on any atom is 0.121 e. The van der Waals surface area contributed by atoms with Gasteiger partial charge >= 0.3 is 0 Å². The number of aliphatic hydroxyl groups excluding tert-OH is 1. The Kier molecular flexibility index (Phi) is 58.3. The van der Waals surface area contributed by atoms with Crippen molar-refractivity contribution in [2.24, 2.45) is 0 Å². The number of aliphatic hydroxyl groups is 1. The molecular weight excluding hydrogens is 327 g/mol. The van der Waals surface area contributed by atoms with Crippen molar-refractivity contribution in [2.45, 2.75) is 83.1 Å². The predicted octanol–water partition coefficient (Wildman–Crippen LogP) is 8.16. The summed E-state index contributed by atoms with van der Waals surface area (Å²) < 4.78 is 0. The van der Waals surface area contributed by atoms with Crippen molar-refractivity contribution in [2.75, 3.05) is 7.11 Å². The van der Waals surface area contributed by atoms with Crippen LogP contribution in [0.3, 0.4) is 0 Å². The molecule has 0 heterocycles. The summed E-state index contributed by atoms with van der Waals surface area (Å²) in [7, 11) is 1.00. The van der Waals surface area contributed by atoms with Gasteiger partial charge in [0.2, 0.25) is 0 Å². The molecule has 0 saturated heterocycles. The van der Waals surface area contributed by atoms with Gasteiger partial charge in [-0.3, -0.25) is 0 Å². The third-order valence-corrected chi connectivity index (χ3v) is 2.63. The van der Waals surface area contributed by atoms with Gasteiger partial charge in [0, 0.05) is 7.11 Å². The van der Waals surface area contributed by atoms with E-state index in [1.807, 2.05) is 96.1 Å². The normalized spacial score (nSPS) is 6.74. The second-order valence-electron chi connectivity index (χ2n) is 3.79. The van der Waals surface area contributed by atoms with Crippen LogP contribution in [0.2, 0.25) is 0 Å². The second-order valence-corrected chi connectivity index (χ2v) is 3.79. The van der Waals surface area contributed by atoms with Crippen molar-refractivity contribution in [3.05, 3.63) is 65.7 Å². The molecule has 0 aliphatic heterocycles. The van der Waals surface area contributed by atoms with Gasteiger partial charge in [-0.1, -0.05) is 125 Å². The smallest absolute Gasteiger partial charge is 0.121 e. The van der Waals surface area contributed by atoms with Crippen molar-refractivity contribution in [3.8, 4) is 5.75 Å². The van der Waals surface area contributed by atoms with Crippen LogP contribution in [0.1, 0.15) is 81.4 Å². The number of hydrogen-bond donors (Lipinski definition) is 2. The third kappa shape index (κ3) is 24.2. The molecule has 0 fully saturated rings. The third-order valence-electron chi connectivity index (χ3n) is 2.63. The number of para-hydroxylation sites is 1. The highest BCUT2D eigenvalue weighted by Gasteiger charge is 2.01. The Morgan fingerprint density at radius 3 is 1.00 bits per heavy atom. The van der Waals surface area contributed by atoms with Crippen LogP contribution < -0.4 is 0 Å². The molecule has 0 radical (unpaired) electrons. The number of aromatic hydroxyl groups is 1. The second kappa shape index (κ2) is 39.3. The Morgan fingerprint density at radius 1 is 0.593 bits per heavy atom. The maximum atomic E-state index is 9.59. The highest BCUT2D eigenvalue weighted by atomic mass is 16.3. The van der Waals surface area contributed by atoms with Crippen LogP contribution in [0.25, 0.3) is 0 Å². The molecule has 0 aliphatic carbocycles. The van der Waals surface area contributed by atoms with E-state index in [1.54, 1.807) is 0 Å². The Hall–Kier alpha value is -1.80. The van der Waals surface area contributed by atoms with Crippen LogP contribution >= 0.6 is 0 Å². The highest BCUT2D eigenvalue weighted by Crippen LogP contribution is 2.22. The molecule has 162 valence electrons. The minimum atomic E-state index is 0. The molecule has 0 atom stereocenters. The fraction of sp³-hybridized carbons (Fsp3) is 0.520. The first-order chi connectivity index (χ1) is 12.3. The zero-order chi connectivity index (χ0) is 20.5. The maximum absolute atomic E-state index is 9.59. The first-order valence-electron chi connectivity index (χ1n) is 9.54. The molecule has 0 saturated carbocycles. The van der Waals surface area contributed by atoms with Crippen LogP contribution in [-0.2, 0) is 12.8 Å². The molecule has 0 amide bonds. The van der Waals surface area contributed by atoms with E-state index < -0.39 is 0 Å². The standard InChI is InChI=1S/C10H14O.C6H6.3C2H6.CH4O.2CH4/c1-3-8-6-5-7-9(4-2)10(8)11;1-2-4-6-5-3-1;4*1-2;;/h5-7,11H,3-4H2,1-2H3;1-6H;3*1-2H3;2H,1H3;2*1H4/i;;;;;;1-2;1-3. The van der Waals surface area contributed by atoms with E-state index in [9.17, 15) is 5.11 Å². The molecule has 0 spiro atoms. The highest BCUT2D eigenvalue weighted by molar-refractivity contribution is 5.40. The first-order valence-corrected chi connectivity index (χ1v) is 9.54. The van der Waals surface area contributed by atoms with Crippen molar-refractivity contribution in [3.63, 3.8) is 0 Å². The summed E-state index contributed by atoms with van der Waals surface area (Å²) in [5, 5.41) is 16.6. The lowest BCUT2D eigenvalue weighted by molar-refractivity contribution is 0.399. The number of phenolic OH excluding ortho intramolecular Hbond substituents is 1. The lowest BCUT2D eigenvalue weighted by atomic mass is 9.03. The van der Waals surface area contributed by atoms with Gasteiger partial charge in [-0.2, -0.15) is 0 Å². The minimum Gasteiger partial charge on any atom is -0.507 e. The van der Waals surface area contributed by atoms with E-state index in [4.69, 9.17) is 5.11 Å². The number of hydrogen-bond acceptors (Lipinski definition) is 2. The number of aryl methyl sites for hydroxylation is 2. The van der Waals surface area contributed by atoms with E-state index in [1.165, 1.54) is 0 Å². The molecule has 0 aliphatic rings. The van der Waals surface area contributed by atoms with Crippen molar-refractivity contribution in [1.82, 2.24) is 0 Å². The van der Waals surface area contributed by atoms with E-state index in [0.717, 1.165) is 31.1 Å². The largest absolute Gasteiger partial charge is 0.507 e. The van der Waals surface area contributed by atoms with Crippen LogP contribution in [0, 0.1) is 0 Å². The fourth-order valence-corrected chi connectivity index (χ4v) is 1.60. The van der Waals surface area contributed by atoms with Crippen molar-refractivity contribution >= 4 is 0 Å². The molecule has 0 aromatic heterocycles. The molecule has 2 aromatic rings. The van der Waals surface area contributed by atoms with Crippen molar-refractivity contribution in [1.29, 1.82) is 0 Å². The summed E-state index contributed by atoms with van der Waals surface area (Å²) in [6.45, 7) is 16.1. The summed E-state index contributed by atoms with van der Waals surface area (Å²) in [5.74, 6) is 0.484. The first kappa shape index (κ1) is 40.0. The van der Waals surface area contributed by atoms with E-state index in [2.05, 4.69) is 13.8 Å². The summed E-state index contributed by atoms with van der Waals surface area (Å²) in [6, 6.07) is 17.9. The van der Waals surface area contributed by atoms with Gasteiger partial charge < -0.3 is 10.2 Å². The molecule has 0 bridgehead atoms. The topological polar surface area (TPSA) is 40.5 Å². The minimum absolute atomic E-state index is 0. The fourth-order valence-electron chi connectivity index (χ4n) is 1.60. The van der Waals surface area contributed by atoms with Gasteiger partial charge in [-0.15, -0.1) is 0 Å². The summed E-state index contributed by atoms with van der Waals surface area (Å²) >= 11 is 0. The van der Waals surface area contributed by atoms with Crippen LogP contribution in [-0.4, -0.2) is 17.3 Å². The van der Waals surface area contributed by atoms with Crippen LogP contribution in [0.15, 0.2) is 54.6 Å². The van der Waals surface area contributed by atoms with Gasteiger partial charge in [0.15, 0.2) is 0 Å². The molecule has 2 nitrogen and oxygen atoms in total. The quantitative estimate of drug-likeness (QED) is 0.554. The molecule has 0 unspecified atom stereocenters. The Labute approximate surface area is 172 Å². The molecule has 2 aromatic carbocycles. The average Bonchev–Trinajstić information content (AvgIpc) is 2.76. The molecule has 2 rings (SSSR count). The van der Waals surface area contributed by atoms with Crippen LogP contribution in [0.5, 0.6) is 5.75 Å². The van der Waals surface area contributed by atoms with Crippen LogP contribution in [0.4, 0.5) is 0 Å². The van der Waals surface area contributed by atoms with E-state index >= 15 is 0 Å². The molecular formula is C25H50O2. The molecule has 2 N–H and O–H groups in total. The Balaban J connectivity index is -0.0000000595.